The Bertz CT molecular complexity index is 940. The molecule has 0 heterocycles. The Labute approximate surface area is 202 Å². The van der Waals surface area contributed by atoms with Gasteiger partial charge in [0, 0.05) is 13.0 Å². The van der Waals surface area contributed by atoms with Gasteiger partial charge in [-0.1, -0.05) is 56.5 Å². The van der Waals surface area contributed by atoms with E-state index in [0.717, 1.165) is 42.9 Å². The van der Waals surface area contributed by atoms with E-state index in [-0.39, 0.29) is 25.2 Å². The Morgan fingerprint density at radius 1 is 0.853 bits per heavy atom. The zero-order valence-electron chi connectivity index (χ0n) is 20.6. The van der Waals surface area contributed by atoms with Crippen molar-refractivity contribution in [2.45, 2.75) is 65.7 Å². The van der Waals surface area contributed by atoms with E-state index in [1.54, 1.807) is 0 Å². The maximum atomic E-state index is 12.1. The third-order valence-electron chi connectivity index (χ3n) is 5.77. The molecule has 2 aromatic carbocycles. The number of hydrogen-bond acceptors (Lipinski definition) is 6. The summed E-state index contributed by atoms with van der Waals surface area (Å²) >= 11 is 0. The van der Waals surface area contributed by atoms with Crippen molar-refractivity contribution in [3.8, 4) is 5.75 Å². The van der Waals surface area contributed by atoms with E-state index in [4.69, 9.17) is 14.2 Å². The van der Waals surface area contributed by atoms with Crippen LogP contribution in [0.15, 0.2) is 42.5 Å². The van der Waals surface area contributed by atoms with Crippen molar-refractivity contribution in [2.75, 3.05) is 19.8 Å². The van der Waals surface area contributed by atoms with Crippen molar-refractivity contribution in [3.05, 3.63) is 42.5 Å². The number of alkyl carbamates (subject to hydrolysis) is 1. The van der Waals surface area contributed by atoms with E-state index in [1.807, 2.05) is 63.2 Å². The molecule has 0 aliphatic rings. The molecule has 0 bridgehead atoms. The monoisotopic (exact) mass is 471 g/mol. The van der Waals surface area contributed by atoms with Crippen molar-refractivity contribution in [1.29, 1.82) is 0 Å². The van der Waals surface area contributed by atoms with Gasteiger partial charge in [0.15, 0.2) is 0 Å². The van der Waals surface area contributed by atoms with Crippen molar-refractivity contribution < 1.29 is 28.6 Å². The number of fused-ring (bicyclic) bond motifs is 1. The van der Waals surface area contributed by atoms with Crippen molar-refractivity contribution in [2.24, 2.45) is 5.41 Å². The minimum absolute atomic E-state index is 0.0344. The number of benzene rings is 2. The summed E-state index contributed by atoms with van der Waals surface area (Å²) in [6.45, 7) is 6.17. The fourth-order valence-electron chi connectivity index (χ4n) is 3.19. The standard InChI is InChI=1S/C27H37NO6/c1-4-27(2,3)25(30)32-18-19-33-26(31)28-17-11-7-5-6-8-14-24(29)34-23-16-15-21-12-9-10-13-22(21)20-23/h9-10,12-13,15-16,20H,4-8,11,14,17-19H2,1-3H3,(H,28,31). The quantitative estimate of drug-likeness (QED) is 0.213. The third kappa shape index (κ3) is 9.81. The second kappa shape index (κ2) is 14.2. The van der Waals surface area contributed by atoms with Crippen molar-refractivity contribution in [3.63, 3.8) is 0 Å². The highest BCUT2D eigenvalue weighted by atomic mass is 16.6. The van der Waals surface area contributed by atoms with Gasteiger partial charge in [0.05, 0.1) is 5.41 Å². The first-order valence-electron chi connectivity index (χ1n) is 12.1. The SMILES string of the molecule is CCC(C)(C)C(=O)OCCOC(=O)NCCCCCCCC(=O)Oc1ccc2ccccc2c1. The van der Waals surface area contributed by atoms with Crippen LogP contribution < -0.4 is 10.1 Å². The average molecular weight is 472 g/mol. The molecule has 7 nitrogen and oxygen atoms in total. The molecule has 0 spiro atoms. The molecule has 0 atom stereocenters. The smallest absolute Gasteiger partial charge is 0.407 e. The largest absolute Gasteiger partial charge is 0.462 e. The van der Waals surface area contributed by atoms with Crippen LogP contribution in [-0.2, 0) is 19.1 Å². The molecule has 7 heteroatoms. The second-order valence-electron chi connectivity index (χ2n) is 8.94. The molecule has 0 unspecified atom stereocenters. The highest BCUT2D eigenvalue weighted by Crippen LogP contribution is 2.22. The van der Waals surface area contributed by atoms with Gasteiger partial charge in [-0.05, 0) is 56.0 Å². The Morgan fingerprint density at radius 3 is 2.29 bits per heavy atom. The molecule has 34 heavy (non-hydrogen) atoms. The van der Waals surface area contributed by atoms with Gasteiger partial charge < -0.3 is 19.5 Å². The number of carbonyl (C=O) groups is 3. The van der Waals surface area contributed by atoms with Gasteiger partial charge in [-0.15, -0.1) is 0 Å². The highest BCUT2D eigenvalue weighted by molar-refractivity contribution is 5.84. The van der Waals surface area contributed by atoms with Crippen LogP contribution in [0.2, 0.25) is 0 Å². The summed E-state index contributed by atoms with van der Waals surface area (Å²) < 4.78 is 15.6. The molecule has 2 rings (SSSR count). The van der Waals surface area contributed by atoms with E-state index in [1.165, 1.54) is 0 Å². The zero-order chi connectivity index (χ0) is 24.8. The number of ether oxygens (including phenoxy) is 3. The molecule has 0 aliphatic carbocycles. The summed E-state index contributed by atoms with van der Waals surface area (Å²) in [7, 11) is 0. The molecule has 0 saturated heterocycles. The Kier molecular flexibility index (Phi) is 11.4. The zero-order valence-corrected chi connectivity index (χ0v) is 20.6. The van der Waals surface area contributed by atoms with Crippen LogP contribution in [0, 0.1) is 5.41 Å². The molecule has 0 aliphatic heterocycles. The number of unbranched alkanes of at least 4 members (excludes halogenated alkanes) is 4. The minimum Gasteiger partial charge on any atom is -0.462 e. The van der Waals surface area contributed by atoms with Crippen LogP contribution in [0.3, 0.4) is 0 Å². The van der Waals surface area contributed by atoms with Gasteiger partial charge >= 0.3 is 18.0 Å². The molecule has 0 fully saturated rings. The van der Waals surface area contributed by atoms with Crippen LogP contribution in [0.4, 0.5) is 4.79 Å². The summed E-state index contributed by atoms with van der Waals surface area (Å²) in [6.07, 6.45) is 5.01. The van der Waals surface area contributed by atoms with E-state index in [2.05, 4.69) is 5.32 Å². The summed E-state index contributed by atoms with van der Waals surface area (Å²) in [4.78, 5) is 35.5. The topological polar surface area (TPSA) is 90.9 Å². The summed E-state index contributed by atoms with van der Waals surface area (Å²) in [5.74, 6) is 0.0641. The van der Waals surface area contributed by atoms with Crippen LogP contribution in [0.5, 0.6) is 5.75 Å². The number of nitrogens with one attached hydrogen (secondary N) is 1. The highest BCUT2D eigenvalue weighted by Gasteiger charge is 2.26. The van der Waals surface area contributed by atoms with E-state index < -0.39 is 11.5 Å². The maximum absolute atomic E-state index is 12.1. The van der Waals surface area contributed by atoms with Gasteiger partial charge in [0.1, 0.15) is 19.0 Å². The maximum Gasteiger partial charge on any atom is 0.407 e. The van der Waals surface area contributed by atoms with Crippen LogP contribution in [0.25, 0.3) is 10.8 Å². The molecule has 1 amide bonds. The number of hydrogen-bond donors (Lipinski definition) is 1. The van der Waals surface area contributed by atoms with Crippen LogP contribution in [-0.4, -0.2) is 37.8 Å². The first kappa shape index (κ1) is 27.2. The Morgan fingerprint density at radius 2 is 1.53 bits per heavy atom. The molecule has 0 saturated carbocycles. The minimum atomic E-state index is -0.528. The molecular weight excluding hydrogens is 434 g/mol. The van der Waals surface area contributed by atoms with Crippen LogP contribution >= 0.6 is 0 Å². The van der Waals surface area contributed by atoms with Gasteiger partial charge in [-0.3, -0.25) is 9.59 Å². The van der Waals surface area contributed by atoms with Gasteiger partial charge in [-0.25, -0.2) is 4.79 Å². The fraction of sp³-hybridized carbons (Fsp3) is 0.519. The summed E-state index contributed by atoms with van der Waals surface area (Å²) in [6, 6.07) is 13.6. The number of amides is 1. The summed E-state index contributed by atoms with van der Waals surface area (Å²) in [5, 5.41) is 4.84. The lowest BCUT2D eigenvalue weighted by atomic mass is 9.91. The van der Waals surface area contributed by atoms with Crippen LogP contribution in [0.1, 0.15) is 65.7 Å². The molecule has 186 valence electrons. The van der Waals surface area contributed by atoms with Gasteiger partial charge in [0.25, 0.3) is 0 Å². The third-order valence-corrected chi connectivity index (χ3v) is 5.77. The lowest BCUT2D eigenvalue weighted by Gasteiger charge is -2.20. The van der Waals surface area contributed by atoms with Crippen molar-refractivity contribution in [1.82, 2.24) is 5.32 Å². The Hall–Kier alpha value is -3.09. The lowest BCUT2D eigenvalue weighted by molar-refractivity contribution is -0.155. The molecule has 1 N–H and O–H groups in total. The molecule has 2 aromatic rings. The molecular formula is C27H37NO6. The number of rotatable bonds is 14. The second-order valence-corrected chi connectivity index (χ2v) is 8.94. The predicted molar refractivity (Wildman–Crippen MR) is 132 cm³/mol. The first-order valence-corrected chi connectivity index (χ1v) is 12.1. The normalized spacial score (nSPS) is 11.1. The molecule has 0 aromatic heterocycles. The number of esters is 2. The van der Waals surface area contributed by atoms with E-state index in [9.17, 15) is 14.4 Å². The van der Waals surface area contributed by atoms with E-state index >= 15 is 0 Å². The molecule has 0 radical (unpaired) electrons. The average Bonchev–Trinajstić information content (AvgIpc) is 2.83. The summed E-state index contributed by atoms with van der Waals surface area (Å²) in [5.41, 5.74) is -0.528. The number of carbonyl (C=O) groups excluding carboxylic acids is 3. The van der Waals surface area contributed by atoms with Gasteiger partial charge in [0.2, 0.25) is 0 Å². The Balaban J connectivity index is 1.45. The van der Waals surface area contributed by atoms with Crippen molar-refractivity contribution >= 4 is 28.8 Å². The lowest BCUT2D eigenvalue weighted by Crippen LogP contribution is -2.29. The fourth-order valence-corrected chi connectivity index (χ4v) is 3.19. The first-order chi connectivity index (χ1) is 16.3. The predicted octanol–water partition coefficient (Wildman–Crippen LogP) is 5.79. The van der Waals surface area contributed by atoms with E-state index in [0.29, 0.717) is 25.1 Å². The van der Waals surface area contributed by atoms with Gasteiger partial charge in [-0.2, -0.15) is 0 Å².